The van der Waals surface area contributed by atoms with Crippen molar-refractivity contribution in [3.8, 4) is 11.5 Å². The Morgan fingerprint density at radius 1 is 1.47 bits per heavy atom. The van der Waals surface area contributed by atoms with Gasteiger partial charge in [0.1, 0.15) is 18.1 Å². The van der Waals surface area contributed by atoms with Crippen LogP contribution in [-0.2, 0) is 11.3 Å². The number of phenols is 1. The van der Waals surface area contributed by atoms with Crippen LogP contribution in [0.1, 0.15) is 29.8 Å². The molecule has 4 heteroatoms. The SMILES string of the molecule is CC(C)Oc1cc(O)c2c(c1)C(=O)OC2. The Labute approximate surface area is 87.4 Å². The Morgan fingerprint density at radius 2 is 2.20 bits per heavy atom. The van der Waals surface area contributed by atoms with Gasteiger partial charge < -0.3 is 14.6 Å². The van der Waals surface area contributed by atoms with E-state index < -0.39 is 5.97 Å². The molecule has 0 radical (unpaired) electrons. The van der Waals surface area contributed by atoms with Gasteiger partial charge in [0.15, 0.2) is 0 Å². The first-order chi connectivity index (χ1) is 7.08. The molecule has 0 aliphatic carbocycles. The summed E-state index contributed by atoms with van der Waals surface area (Å²) in [6.07, 6.45) is -0.000117. The van der Waals surface area contributed by atoms with E-state index in [0.717, 1.165) is 0 Å². The third-order valence-corrected chi connectivity index (χ3v) is 2.14. The lowest BCUT2D eigenvalue weighted by molar-refractivity contribution is 0.0534. The molecule has 1 aliphatic rings. The van der Waals surface area contributed by atoms with Crippen LogP contribution in [0.5, 0.6) is 11.5 Å². The standard InChI is InChI=1S/C11H12O4/c1-6(2)15-7-3-8-9(10(12)4-7)5-14-11(8)13/h3-4,6,12H,5H2,1-2H3. The number of hydrogen-bond donors (Lipinski definition) is 1. The Hall–Kier alpha value is -1.71. The fourth-order valence-electron chi connectivity index (χ4n) is 1.52. The summed E-state index contributed by atoms with van der Waals surface area (Å²) in [7, 11) is 0. The van der Waals surface area contributed by atoms with Crippen LogP contribution in [0.25, 0.3) is 0 Å². The summed E-state index contributed by atoms with van der Waals surface area (Å²) in [6.45, 7) is 3.90. The lowest BCUT2D eigenvalue weighted by Gasteiger charge is -2.10. The number of fused-ring (bicyclic) bond motifs is 1. The predicted molar refractivity (Wildman–Crippen MR) is 53.0 cm³/mol. The molecule has 0 bridgehead atoms. The highest BCUT2D eigenvalue weighted by Crippen LogP contribution is 2.33. The van der Waals surface area contributed by atoms with E-state index >= 15 is 0 Å². The third-order valence-electron chi connectivity index (χ3n) is 2.14. The third kappa shape index (κ3) is 1.75. The maximum atomic E-state index is 11.3. The summed E-state index contributed by atoms with van der Waals surface area (Å²) in [4.78, 5) is 11.3. The number of esters is 1. The molecular weight excluding hydrogens is 196 g/mol. The number of cyclic esters (lactones) is 1. The molecule has 0 atom stereocenters. The predicted octanol–water partition coefficient (Wildman–Crippen LogP) is 1.85. The first-order valence-electron chi connectivity index (χ1n) is 4.77. The van der Waals surface area contributed by atoms with Gasteiger partial charge in [-0.25, -0.2) is 4.79 Å². The minimum Gasteiger partial charge on any atom is -0.507 e. The van der Waals surface area contributed by atoms with Crippen LogP contribution in [-0.4, -0.2) is 17.2 Å². The van der Waals surface area contributed by atoms with E-state index in [2.05, 4.69) is 0 Å². The first kappa shape index (κ1) is 9.83. The van der Waals surface area contributed by atoms with Crippen molar-refractivity contribution in [1.29, 1.82) is 0 Å². The van der Waals surface area contributed by atoms with Crippen LogP contribution in [0.2, 0.25) is 0 Å². The second-order valence-electron chi connectivity index (χ2n) is 3.71. The molecule has 1 heterocycles. The van der Waals surface area contributed by atoms with Crippen molar-refractivity contribution in [3.63, 3.8) is 0 Å². The molecule has 15 heavy (non-hydrogen) atoms. The zero-order valence-corrected chi connectivity index (χ0v) is 8.61. The number of aromatic hydroxyl groups is 1. The molecular formula is C11H12O4. The normalized spacial score (nSPS) is 13.9. The summed E-state index contributed by atoms with van der Waals surface area (Å²) in [5.74, 6) is 0.128. The van der Waals surface area contributed by atoms with E-state index in [9.17, 15) is 9.90 Å². The highest BCUT2D eigenvalue weighted by Gasteiger charge is 2.25. The molecule has 1 aromatic carbocycles. The lowest BCUT2D eigenvalue weighted by Crippen LogP contribution is -2.06. The second-order valence-corrected chi connectivity index (χ2v) is 3.71. The van der Waals surface area contributed by atoms with E-state index in [0.29, 0.717) is 16.9 Å². The summed E-state index contributed by atoms with van der Waals surface area (Å²) in [5, 5.41) is 9.63. The van der Waals surface area contributed by atoms with E-state index in [-0.39, 0.29) is 18.5 Å². The maximum absolute atomic E-state index is 11.3. The van der Waals surface area contributed by atoms with Crippen molar-refractivity contribution < 1.29 is 19.4 Å². The van der Waals surface area contributed by atoms with Crippen molar-refractivity contribution in [3.05, 3.63) is 23.3 Å². The smallest absolute Gasteiger partial charge is 0.339 e. The molecule has 1 aliphatic heterocycles. The van der Waals surface area contributed by atoms with Crippen LogP contribution in [0.3, 0.4) is 0 Å². The quantitative estimate of drug-likeness (QED) is 0.753. The Kier molecular flexibility index (Phi) is 2.26. The minimum atomic E-state index is -0.408. The van der Waals surface area contributed by atoms with Gasteiger partial charge in [0.25, 0.3) is 0 Å². The largest absolute Gasteiger partial charge is 0.507 e. The zero-order valence-electron chi connectivity index (χ0n) is 8.61. The van der Waals surface area contributed by atoms with Crippen molar-refractivity contribution in [2.75, 3.05) is 0 Å². The van der Waals surface area contributed by atoms with E-state index in [4.69, 9.17) is 9.47 Å². The van der Waals surface area contributed by atoms with E-state index in [1.807, 2.05) is 13.8 Å². The summed E-state index contributed by atoms with van der Waals surface area (Å²) in [6, 6.07) is 3.10. The summed E-state index contributed by atoms with van der Waals surface area (Å²) < 4.78 is 10.2. The van der Waals surface area contributed by atoms with Gasteiger partial charge in [-0.1, -0.05) is 0 Å². The molecule has 0 saturated carbocycles. The van der Waals surface area contributed by atoms with Crippen LogP contribution >= 0.6 is 0 Å². The molecule has 2 rings (SSSR count). The fraction of sp³-hybridized carbons (Fsp3) is 0.364. The fourth-order valence-corrected chi connectivity index (χ4v) is 1.52. The Morgan fingerprint density at radius 3 is 2.87 bits per heavy atom. The maximum Gasteiger partial charge on any atom is 0.339 e. The first-order valence-corrected chi connectivity index (χ1v) is 4.77. The van der Waals surface area contributed by atoms with Gasteiger partial charge in [-0.3, -0.25) is 0 Å². The lowest BCUT2D eigenvalue weighted by atomic mass is 10.1. The zero-order chi connectivity index (χ0) is 11.0. The molecule has 0 spiro atoms. The van der Waals surface area contributed by atoms with Gasteiger partial charge in [0, 0.05) is 11.6 Å². The van der Waals surface area contributed by atoms with Gasteiger partial charge in [0.2, 0.25) is 0 Å². The number of carbonyl (C=O) groups is 1. The highest BCUT2D eigenvalue weighted by molar-refractivity contribution is 5.94. The molecule has 1 N–H and O–H groups in total. The molecule has 1 aromatic rings. The monoisotopic (exact) mass is 208 g/mol. The molecule has 0 aromatic heterocycles. The van der Waals surface area contributed by atoms with Gasteiger partial charge in [-0.2, -0.15) is 0 Å². The number of benzene rings is 1. The number of hydrogen-bond acceptors (Lipinski definition) is 4. The molecule has 0 fully saturated rings. The van der Waals surface area contributed by atoms with Gasteiger partial charge in [-0.05, 0) is 19.9 Å². The number of ether oxygens (including phenoxy) is 2. The Balaban J connectivity index is 2.41. The molecule has 0 amide bonds. The van der Waals surface area contributed by atoms with E-state index in [1.54, 1.807) is 6.07 Å². The summed E-state index contributed by atoms with van der Waals surface area (Å²) in [5.41, 5.74) is 0.932. The molecule has 0 unspecified atom stereocenters. The van der Waals surface area contributed by atoms with Crippen LogP contribution < -0.4 is 4.74 Å². The average molecular weight is 208 g/mol. The number of phenolic OH excluding ortho intramolecular Hbond substituents is 1. The van der Waals surface area contributed by atoms with E-state index in [1.165, 1.54) is 6.07 Å². The molecule has 80 valence electrons. The minimum absolute atomic E-state index is 0.000117. The second kappa shape index (κ2) is 3.46. The highest BCUT2D eigenvalue weighted by atomic mass is 16.5. The number of rotatable bonds is 2. The molecule has 4 nitrogen and oxygen atoms in total. The molecule has 0 saturated heterocycles. The topological polar surface area (TPSA) is 55.8 Å². The van der Waals surface area contributed by atoms with Crippen LogP contribution in [0.4, 0.5) is 0 Å². The summed E-state index contributed by atoms with van der Waals surface area (Å²) >= 11 is 0. The average Bonchev–Trinajstić information content (AvgIpc) is 2.47. The van der Waals surface area contributed by atoms with Crippen LogP contribution in [0, 0.1) is 0 Å². The van der Waals surface area contributed by atoms with Crippen LogP contribution in [0.15, 0.2) is 12.1 Å². The van der Waals surface area contributed by atoms with Gasteiger partial charge in [0.05, 0.1) is 11.7 Å². The van der Waals surface area contributed by atoms with Crippen molar-refractivity contribution in [2.24, 2.45) is 0 Å². The number of carbonyl (C=O) groups excluding carboxylic acids is 1. The van der Waals surface area contributed by atoms with Crippen molar-refractivity contribution in [1.82, 2.24) is 0 Å². The van der Waals surface area contributed by atoms with Gasteiger partial charge in [-0.15, -0.1) is 0 Å². The van der Waals surface area contributed by atoms with Crippen molar-refractivity contribution >= 4 is 5.97 Å². The Bertz CT molecular complexity index is 409. The van der Waals surface area contributed by atoms with Gasteiger partial charge >= 0.3 is 5.97 Å². The van der Waals surface area contributed by atoms with Crippen molar-refractivity contribution in [2.45, 2.75) is 26.6 Å².